The Labute approximate surface area is 191 Å². The molecule has 4 rings (SSSR count). The van der Waals surface area contributed by atoms with E-state index >= 15 is 0 Å². The Morgan fingerprint density at radius 2 is 1.75 bits per heavy atom. The second-order valence-corrected chi connectivity index (χ2v) is 10.6. The number of ether oxygens (including phenoxy) is 1. The first kappa shape index (κ1) is 22.4. The monoisotopic (exact) mass is 431 g/mol. The molecule has 0 amide bonds. The molecular formula is C28H33NO3. The number of rotatable bonds is 5. The summed E-state index contributed by atoms with van der Waals surface area (Å²) in [7, 11) is 2.19. The van der Waals surface area contributed by atoms with Crippen molar-refractivity contribution in [1.29, 1.82) is 0 Å². The van der Waals surface area contributed by atoms with Gasteiger partial charge in [-0.05, 0) is 75.4 Å². The molecule has 1 heterocycles. The van der Waals surface area contributed by atoms with E-state index in [9.17, 15) is 4.79 Å². The minimum absolute atomic E-state index is 0.000155. The molecule has 0 unspecified atom stereocenters. The zero-order valence-electron chi connectivity index (χ0n) is 19.8. The van der Waals surface area contributed by atoms with Gasteiger partial charge in [0.05, 0.1) is 6.42 Å². The zero-order valence-corrected chi connectivity index (χ0v) is 19.8. The van der Waals surface area contributed by atoms with Gasteiger partial charge < -0.3 is 9.84 Å². The molecule has 0 aromatic heterocycles. The summed E-state index contributed by atoms with van der Waals surface area (Å²) in [5.41, 5.74) is 4.90. The lowest BCUT2D eigenvalue weighted by Crippen LogP contribution is -2.42. The molecule has 0 spiro atoms. The number of hydrogen-bond donors (Lipinski definition) is 1. The van der Waals surface area contributed by atoms with Gasteiger partial charge in [0, 0.05) is 34.8 Å². The summed E-state index contributed by atoms with van der Waals surface area (Å²) in [6, 6.07) is 12.5. The van der Waals surface area contributed by atoms with E-state index in [4.69, 9.17) is 9.84 Å². The van der Waals surface area contributed by atoms with Gasteiger partial charge in [-0.2, -0.15) is 0 Å². The van der Waals surface area contributed by atoms with Crippen LogP contribution in [0.3, 0.4) is 0 Å². The normalized spacial score (nSPS) is 18.3. The van der Waals surface area contributed by atoms with Crippen molar-refractivity contribution in [2.24, 2.45) is 0 Å². The minimum Gasteiger partial charge on any atom is -0.487 e. The molecule has 0 radical (unpaired) electrons. The van der Waals surface area contributed by atoms with E-state index in [0.717, 1.165) is 35.4 Å². The highest BCUT2D eigenvalue weighted by Gasteiger charge is 2.40. The van der Waals surface area contributed by atoms with Gasteiger partial charge in [0.15, 0.2) is 0 Å². The van der Waals surface area contributed by atoms with Gasteiger partial charge in [0.2, 0.25) is 0 Å². The van der Waals surface area contributed by atoms with Crippen LogP contribution in [0.5, 0.6) is 5.75 Å². The fraction of sp³-hybridized carbons (Fsp3) is 0.464. The average Bonchev–Trinajstić information content (AvgIpc) is 3.52. The van der Waals surface area contributed by atoms with Crippen molar-refractivity contribution in [2.45, 2.75) is 77.0 Å². The Balaban J connectivity index is 1.69. The summed E-state index contributed by atoms with van der Waals surface area (Å²) in [5, 5.41) is 8.94. The Morgan fingerprint density at radius 3 is 2.38 bits per heavy atom. The molecule has 2 aromatic carbocycles. The van der Waals surface area contributed by atoms with Gasteiger partial charge in [-0.15, -0.1) is 0 Å². The fourth-order valence-corrected chi connectivity index (χ4v) is 4.91. The number of hydrogen-bond acceptors (Lipinski definition) is 3. The Hall–Kier alpha value is -2.77. The van der Waals surface area contributed by atoms with Crippen molar-refractivity contribution < 1.29 is 14.6 Å². The molecule has 4 heteroatoms. The number of fused-ring (bicyclic) bond motifs is 1. The number of carboxylic acid groups (broad SMARTS) is 1. The van der Waals surface area contributed by atoms with Gasteiger partial charge in [-0.3, -0.25) is 9.69 Å². The minimum atomic E-state index is -0.824. The number of carbonyl (C=O) groups is 1. The third-order valence-corrected chi connectivity index (χ3v) is 6.39. The first-order valence-electron chi connectivity index (χ1n) is 11.4. The van der Waals surface area contributed by atoms with Crippen LogP contribution in [0.25, 0.3) is 0 Å². The molecule has 2 aliphatic rings. The molecule has 2 aromatic rings. The first-order valence-corrected chi connectivity index (χ1v) is 11.4. The number of benzene rings is 2. The van der Waals surface area contributed by atoms with Crippen LogP contribution < -0.4 is 4.74 Å². The lowest BCUT2D eigenvalue weighted by atomic mass is 9.72. The predicted octanol–water partition coefficient (Wildman–Crippen LogP) is 5.15. The summed E-state index contributed by atoms with van der Waals surface area (Å²) in [5.74, 6) is 6.81. The molecule has 1 fully saturated rings. The van der Waals surface area contributed by atoms with Crippen molar-refractivity contribution >= 4 is 5.97 Å². The maximum Gasteiger partial charge on any atom is 0.307 e. The van der Waals surface area contributed by atoms with Crippen molar-refractivity contribution in [3.05, 3.63) is 64.2 Å². The molecule has 1 aliphatic heterocycles. The van der Waals surface area contributed by atoms with Gasteiger partial charge >= 0.3 is 5.97 Å². The Morgan fingerprint density at radius 1 is 1.09 bits per heavy atom. The molecule has 32 heavy (non-hydrogen) atoms. The molecule has 168 valence electrons. The molecule has 1 aliphatic carbocycles. The quantitative estimate of drug-likeness (QED) is 0.666. The third-order valence-electron chi connectivity index (χ3n) is 6.39. The molecule has 4 nitrogen and oxygen atoms in total. The maximum absolute atomic E-state index is 10.9. The predicted molar refractivity (Wildman–Crippen MR) is 127 cm³/mol. The maximum atomic E-state index is 10.9. The Bertz CT molecular complexity index is 1080. The zero-order chi connectivity index (χ0) is 23.1. The van der Waals surface area contributed by atoms with E-state index in [1.54, 1.807) is 0 Å². The van der Waals surface area contributed by atoms with Gasteiger partial charge in [-0.25, -0.2) is 0 Å². The van der Waals surface area contributed by atoms with Crippen LogP contribution in [0.2, 0.25) is 0 Å². The summed E-state index contributed by atoms with van der Waals surface area (Å²) >= 11 is 0. The second-order valence-electron chi connectivity index (χ2n) is 10.6. The summed E-state index contributed by atoms with van der Waals surface area (Å²) in [6.07, 6.45) is 3.52. The number of carboxylic acids is 1. The van der Waals surface area contributed by atoms with Crippen LogP contribution in [0.4, 0.5) is 0 Å². The van der Waals surface area contributed by atoms with Crippen LogP contribution in [0, 0.1) is 11.8 Å². The topological polar surface area (TPSA) is 49.8 Å². The lowest BCUT2D eigenvalue weighted by Gasteiger charge is -2.43. The van der Waals surface area contributed by atoms with E-state index in [0.29, 0.717) is 6.04 Å². The van der Waals surface area contributed by atoms with E-state index in [2.05, 4.69) is 63.6 Å². The van der Waals surface area contributed by atoms with Crippen molar-refractivity contribution in [2.75, 3.05) is 7.05 Å². The van der Waals surface area contributed by atoms with Gasteiger partial charge in [-0.1, -0.05) is 37.8 Å². The summed E-state index contributed by atoms with van der Waals surface area (Å²) in [6.45, 7) is 9.80. The van der Waals surface area contributed by atoms with Crippen molar-refractivity contribution in [3.8, 4) is 17.6 Å². The second kappa shape index (κ2) is 8.30. The molecule has 1 saturated carbocycles. The van der Waals surface area contributed by atoms with Crippen LogP contribution in [-0.4, -0.2) is 34.7 Å². The average molecular weight is 432 g/mol. The van der Waals surface area contributed by atoms with Crippen molar-refractivity contribution in [1.82, 2.24) is 4.90 Å². The first-order chi connectivity index (χ1) is 15.0. The molecule has 0 bridgehead atoms. The number of aliphatic carboxylic acids is 1. The van der Waals surface area contributed by atoms with E-state index in [-0.39, 0.29) is 17.4 Å². The van der Waals surface area contributed by atoms with Crippen molar-refractivity contribution in [3.63, 3.8) is 0 Å². The van der Waals surface area contributed by atoms with Crippen LogP contribution in [0.1, 0.15) is 74.8 Å². The van der Waals surface area contributed by atoms with Gasteiger partial charge in [0.1, 0.15) is 11.4 Å². The smallest absolute Gasteiger partial charge is 0.307 e. The molecular weight excluding hydrogens is 398 g/mol. The molecule has 0 saturated heterocycles. The van der Waals surface area contributed by atoms with Crippen LogP contribution in [0.15, 0.2) is 36.4 Å². The SMILES string of the molecule is CN(Cc1cc(C#Cc2ccc(CC(=O)O)cc2)cc2c1OC(C)(C)CC2(C)C)C1CC1. The lowest BCUT2D eigenvalue weighted by molar-refractivity contribution is -0.136. The highest BCUT2D eigenvalue weighted by molar-refractivity contribution is 5.70. The summed E-state index contributed by atoms with van der Waals surface area (Å²) < 4.78 is 6.53. The van der Waals surface area contributed by atoms with Crippen LogP contribution in [-0.2, 0) is 23.2 Å². The number of nitrogens with zero attached hydrogens (tertiary/aromatic N) is 1. The molecule has 1 N–H and O–H groups in total. The highest BCUT2D eigenvalue weighted by atomic mass is 16.5. The largest absolute Gasteiger partial charge is 0.487 e. The standard InChI is InChI=1S/C28H33NO3/c1-27(2)18-28(3,4)32-26-22(17-29(5)23-12-13-23)14-21(15-24(26)27)11-8-19-6-9-20(10-7-19)16-25(30)31/h6-7,9-10,14-15,23H,12-13,16-18H2,1-5H3,(H,30,31). The molecule has 0 atom stereocenters. The Kier molecular flexibility index (Phi) is 5.81. The third kappa shape index (κ3) is 5.16. The van der Waals surface area contributed by atoms with Crippen LogP contribution >= 0.6 is 0 Å². The van der Waals surface area contributed by atoms with E-state index < -0.39 is 5.97 Å². The van der Waals surface area contributed by atoms with E-state index in [1.807, 2.05) is 24.3 Å². The van der Waals surface area contributed by atoms with Gasteiger partial charge in [0.25, 0.3) is 0 Å². The highest BCUT2D eigenvalue weighted by Crippen LogP contribution is 2.47. The summed E-state index contributed by atoms with van der Waals surface area (Å²) in [4.78, 5) is 13.3. The van der Waals surface area contributed by atoms with E-state index in [1.165, 1.54) is 24.0 Å². The fourth-order valence-electron chi connectivity index (χ4n) is 4.91.